The molecule has 1 aliphatic rings. The van der Waals surface area contributed by atoms with E-state index < -0.39 is 6.04 Å². The highest BCUT2D eigenvalue weighted by molar-refractivity contribution is 5.98. The molecule has 0 saturated heterocycles. The van der Waals surface area contributed by atoms with Crippen LogP contribution in [-0.4, -0.2) is 24.8 Å². The summed E-state index contributed by atoms with van der Waals surface area (Å²) in [6.07, 6.45) is 6.84. The quantitative estimate of drug-likeness (QED) is 0.802. The van der Waals surface area contributed by atoms with Crippen LogP contribution in [0, 0.1) is 0 Å². The van der Waals surface area contributed by atoms with E-state index in [0.29, 0.717) is 24.3 Å². The van der Waals surface area contributed by atoms with Crippen LogP contribution < -0.4 is 10.1 Å². The van der Waals surface area contributed by atoms with Gasteiger partial charge in [-0.2, -0.15) is 0 Å². The lowest BCUT2D eigenvalue weighted by Gasteiger charge is -2.14. The van der Waals surface area contributed by atoms with E-state index in [4.69, 9.17) is 4.74 Å². The lowest BCUT2D eigenvalue weighted by molar-refractivity contribution is -0.109. The summed E-state index contributed by atoms with van der Waals surface area (Å²) in [4.78, 5) is 23.3. The first-order valence-corrected chi connectivity index (χ1v) is 7.29. The number of aldehydes is 1. The van der Waals surface area contributed by atoms with Gasteiger partial charge in [0.2, 0.25) is 0 Å². The van der Waals surface area contributed by atoms with Crippen LogP contribution in [0.15, 0.2) is 24.3 Å². The van der Waals surface area contributed by atoms with E-state index in [1.165, 1.54) is 0 Å². The molecule has 2 rings (SSSR count). The van der Waals surface area contributed by atoms with E-state index in [-0.39, 0.29) is 5.91 Å². The van der Waals surface area contributed by atoms with Crippen molar-refractivity contribution in [2.45, 2.75) is 44.6 Å². The van der Waals surface area contributed by atoms with Gasteiger partial charge >= 0.3 is 0 Å². The van der Waals surface area contributed by atoms with Crippen LogP contribution in [-0.2, 0) is 4.79 Å². The number of para-hydroxylation sites is 1. The normalized spacial score (nSPS) is 21.2. The van der Waals surface area contributed by atoms with Crippen LogP contribution in [0.1, 0.15) is 48.9 Å². The summed E-state index contributed by atoms with van der Waals surface area (Å²) in [5.41, 5.74) is 0.499. The maximum absolute atomic E-state index is 12.2. The predicted molar refractivity (Wildman–Crippen MR) is 77.0 cm³/mol. The van der Waals surface area contributed by atoms with Crippen molar-refractivity contribution in [3.8, 4) is 5.75 Å². The molecule has 4 heteroatoms. The fraction of sp³-hybridized carbons (Fsp3) is 0.500. The van der Waals surface area contributed by atoms with Crippen molar-refractivity contribution in [1.82, 2.24) is 5.32 Å². The number of hydrogen-bond donors (Lipinski definition) is 1. The molecule has 0 spiro atoms. The lowest BCUT2D eigenvalue weighted by Crippen LogP contribution is -2.36. The second-order valence-corrected chi connectivity index (χ2v) is 5.12. The maximum Gasteiger partial charge on any atom is 0.255 e. The molecule has 0 aromatic heterocycles. The standard InChI is InChI=1S/C16H21NO3/c18-12-13-8-4-2-1-3-7-11-20-15-10-6-5-9-14(15)16(19)17-13/h5-6,9-10,12-13H,1-4,7-8,11H2,(H,17,19)/t13-/m0/s1. The van der Waals surface area contributed by atoms with Gasteiger partial charge in [0.15, 0.2) is 0 Å². The summed E-state index contributed by atoms with van der Waals surface area (Å²) in [7, 11) is 0. The lowest BCUT2D eigenvalue weighted by atomic mass is 10.1. The first-order chi connectivity index (χ1) is 9.81. The second-order valence-electron chi connectivity index (χ2n) is 5.12. The average Bonchev–Trinajstić information content (AvgIpc) is 2.49. The molecule has 108 valence electrons. The molecule has 1 N–H and O–H groups in total. The van der Waals surface area contributed by atoms with E-state index in [1.54, 1.807) is 18.2 Å². The Morgan fingerprint density at radius 2 is 1.85 bits per heavy atom. The van der Waals surface area contributed by atoms with Gasteiger partial charge in [0.05, 0.1) is 18.2 Å². The number of hydrogen-bond acceptors (Lipinski definition) is 3. The minimum Gasteiger partial charge on any atom is -0.493 e. The Hall–Kier alpha value is -1.84. The van der Waals surface area contributed by atoms with E-state index in [1.807, 2.05) is 6.07 Å². The summed E-state index contributed by atoms with van der Waals surface area (Å²) >= 11 is 0. The van der Waals surface area contributed by atoms with E-state index in [9.17, 15) is 9.59 Å². The Morgan fingerprint density at radius 3 is 2.70 bits per heavy atom. The molecule has 0 saturated carbocycles. The minimum atomic E-state index is -0.406. The van der Waals surface area contributed by atoms with Crippen LogP contribution >= 0.6 is 0 Å². The van der Waals surface area contributed by atoms with E-state index in [2.05, 4.69) is 5.32 Å². The molecule has 1 amide bonds. The molecule has 4 nitrogen and oxygen atoms in total. The summed E-state index contributed by atoms with van der Waals surface area (Å²) in [6, 6.07) is 6.77. The van der Waals surface area contributed by atoms with Crippen molar-refractivity contribution in [3.63, 3.8) is 0 Å². The number of carbonyl (C=O) groups excluding carboxylic acids is 2. The Kier molecular flexibility index (Phi) is 5.59. The molecule has 1 atom stereocenters. The van der Waals surface area contributed by atoms with Gasteiger partial charge in [-0.15, -0.1) is 0 Å². The van der Waals surface area contributed by atoms with Gasteiger partial charge in [-0.05, 0) is 25.0 Å². The van der Waals surface area contributed by atoms with Crippen molar-refractivity contribution < 1.29 is 14.3 Å². The van der Waals surface area contributed by atoms with Crippen LogP contribution in [0.5, 0.6) is 5.75 Å². The second kappa shape index (κ2) is 7.68. The van der Waals surface area contributed by atoms with Gasteiger partial charge in [0, 0.05) is 0 Å². The van der Waals surface area contributed by atoms with Crippen molar-refractivity contribution in [2.24, 2.45) is 0 Å². The third kappa shape index (κ3) is 4.08. The molecule has 1 aromatic carbocycles. The smallest absolute Gasteiger partial charge is 0.255 e. The third-order valence-electron chi connectivity index (χ3n) is 3.53. The van der Waals surface area contributed by atoms with Crippen LogP contribution in [0.4, 0.5) is 0 Å². The van der Waals surface area contributed by atoms with Gasteiger partial charge in [0.1, 0.15) is 12.0 Å². The van der Waals surface area contributed by atoms with Crippen LogP contribution in [0.2, 0.25) is 0 Å². The number of fused-ring (bicyclic) bond motifs is 1. The summed E-state index contributed by atoms with van der Waals surface area (Å²) in [5.74, 6) is 0.353. The number of ether oxygens (including phenoxy) is 1. The van der Waals surface area contributed by atoms with Gasteiger partial charge in [-0.1, -0.05) is 37.8 Å². The van der Waals surface area contributed by atoms with Crippen LogP contribution in [0.3, 0.4) is 0 Å². The average molecular weight is 275 g/mol. The zero-order valence-electron chi connectivity index (χ0n) is 11.6. The number of rotatable bonds is 1. The highest BCUT2D eigenvalue weighted by atomic mass is 16.5. The Morgan fingerprint density at radius 1 is 1.10 bits per heavy atom. The van der Waals surface area contributed by atoms with E-state index >= 15 is 0 Å². The SMILES string of the molecule is O=C[C@@H]1CCCCCCCOc2ccccc2C(=O)N1. The van der Waals surface area contributed by atoms with Crippen molar-refractivity contribution in [3.05, 3.63) is 29.8 Å². The first kappa shape index (κ1) is 14.6. The van der Waals surface area contributed by atoms with Crippen molar-refractivity contribution in [2.75, 3.05) is 6.61 Å². The summed E-state index contributed by atoms with van der Waals surface area (Å²) in [6.45, 7) is 0.626. The highest BCUT2D eigenvalue weighted by Crippen LogP contribution is 2.19. The molecule has 0 unspecified atom stereocenters. The fourth-order valence-electron chi connectivity index (χ4n) is 2.38. The van der Waals surface area contributed by atoms with Crippen molar-refractivity contribution >= 4 is 12.2 Å². The Balaban J connectivity index is 2.16. The number of benzene rings is 1. The zero-order chi connectivity index (χ0) is 14.2. The molecule has 1 aromatic rings. The van der Waals surface area contributed by atoms with Gasteiger partial charge in [0.25, 0.3) is 5.91 Å². The number of amides is 1. The molecular formula is C16H21NO3. The maximum atomic E-state index is 12.2. The van der Waals surface area contributed by atoms with Gasteiger partial charge in [-0.3, -0.25) is 4.79 Å². The summed E-state index contributed by atoms with van der Waals surface area (Å²) < 4.78 is 5.69. The van der Waals surface area contributed by atoms with Gasteiger partial charge in [-0.25, -0.2) is 0 Å². The van der Waals surface area contributed by atoms with Crippen LogP contribution in [0.25, 0.3) is 0 Å². The molecule has 1 heterocycles. The zero-order valence-corrected chi connectivity index (χ0v) is 11.6. The van der Waals surface area contributed by atoms with Crippen molar-refractivity contribution in [1.29, 1.82) is 0 Å². The number of nitrogens with one attached hydrogen (secondary N) is 1. The monoisotopic (exact) mass is 275 g/mol. The molecule has 1 aliphatic heterocycles. The minimum absolute atomic E-state index is 0.239. The first-order valence-electron chi connectivity index (χ1n) is 7.29. The highest BCUT2D eigenvalue weighted by Gasteiger charge is 2.16. The molecule has 0 radical (unpaired) electrons. The topological polar surface area (TPSA) is 55.4 Å². The predicted octanol–water partition coefficient (Wildman–Crippen LogP) is 2.72. The molecule has 0 fully saturated rings. The molecule has 20 heavy (non-hydrogen) atoms. The van der Waals surface area contributed by atoms with Gasteiger partial charge < -0.3 is 14.8 Å². The fourth-order valence-corrected chi connectivity index (χ4v) is 2.38. The summed E-state index contributed by atoms with van der Waals surface area (Å²) in [5, 5.41) is 2.77. The molecular weight excluding hydrogens is 254 g/mol. The van der Waals surface area contributed by atoms with E-state index in [0.717, 1.165) is 38.4 Å². The molecule has 0 aliphatic carbocycles. The largest absolute Gasteiger partial charge is 0.493 e. The molecule has 0 bridgehead atoms. The Bertz CT molecular complexity index is 459. The number of carbonyl (C=O) groups is 2. The Labute approximate surface area is 119 Å². The third-order valence-corrected chi connectivity index (χ3v) is 3.53.